The molecule has 0 aliphatic heterocycles. The first-order valence-electron chi connectivity index (χ1n) is 5.78. The summed E-state index contributed by atoms with van der Waals surface area (Å²) in [5.74, 6) is -1.07. The Kier molecular flexibility index (Phi) is 1.86. The van der Waals surface area contributed by atoms with Crippen molar-refractivity contribution in [3.05, 3.63) is 35.0 Å². The van der Waals surface area contributed by atoms with Crippen LogP contribution in [0.4, 0.5) is 0 Å². The standard InChI is InChI=1S/C11H8ClNO3/c1-16-6-2-3-7-9(4-6)13-5-8(10(7)12)11(14)15/h2-5H,1H3,(H,14,15)/i1D3. The van der Waals surface area contributed by atoms with Gasteiger partial charge in [-0.25, -0.2) is 4.79 Å². The summed E-state index contributed by atoms with van der Waals surface area (Å²) in [5.41, 5.74) is 0.246. The summed E-state index contributed by atoms with van der Waals surface area (Å²) in [6.45, 7) is 0. The second-order valence-corrected chi connectivity index (χ2v) is 3.45. The van der Waals surface area contributed by atoms with Crippen molar-refractivity contribution in [1.82, 2.24) is 4.98 Å². The number of aromatic carboxylic acids is 1. The quantitative estimate of drug-likeness (QED) is 0.877. The number of carboxylic acids is 1. The Balaban J connectivity index is 2.52. The van der Waals surface area contributed by atoms with E-state index in [2.05, 4.69) is 4.98 Å². The zero-order valence-corrected chi connectivity index (χ0v) is 8.65. The summed E-state index contributed by atoms with van der Waals surface area (Å²) in [7, 11) is -2.56. The van der Waals surface area contributed by atoms with E-state index in [0.717, 1.165) is 6.20 Å². The van der Waals surface area contributed by atoms with E-state index < -0.39 is 13.0 Å². The molecule has 0 aliphatic rings. The van der Waals surface area contributed by atoms with E-state index in [-0.39, 0.29) is 16.3 Å². The van der Waals surface area contributed by atoms with Crippen molar-refractivity contribution < 1.29 is 18.8 Å². The molecule has 1 aromatic heterocycles. The number of carbonyl (C=O) groups is 1. The van der Waals surface area contributed by atoms with Crippen LogP contribution in [0.2, 0.25) is 5.02 Å². The van der Waals surface area contributed by atoms with Crippen LogP contribution < -0.4 is 4.74 Å². The summed E-state index contributed by atoms with van der Waals surface area (Å²) >= 11 is 5.95. The van der Waals surface area contributed by atoms with Crippen molar-refractivity contribution in [2.24, 2.45) is 0 Å². The van der Waals surface area contributed by atoms with Crippen LogP contribution in [0.3, 0.4) is 0 Å². The fourth-order valence-corrected chi connectivity index (χ4v) is 1.64. The molecule has 0 atom stereocenters. The number of rotatable bonds is 2. The maximum absolute atomic E-state index is 10.9. The van der Waals surface area contributed by atoms with Gasteiger partial charge < -0.3 is 9.84 Å². The topological polar surface area (TPSA) is 59.4 Å². The fourth-order valence-electron chi connectivity index (χ4n) is 1.35. The average Bonchev–Trinajstić information content (AvgIpc) is 2.26. The third kappa shape index (κ3) is 1.67. The van der Waals surface area contributed by atoms with Gasteiger partial charge in [-0.05, 0) is 12.1 Å². The molecule has 0 radical (unpaired) electrons. The molecule has 0 unspecified atom stereocenters. The van der Waals surface area contributed by atoms with Gasteiger partial charge in [0.05, 0.1) is 27.3 Å². The van der Waals surface area contributed by atoms with Crippen molar-refractivity contribution in [3.63, 3.8) is 0 Å². The minimum atomic E-state index is -2.56. The van der Waals surface area contributed by atoms with Crippen LogP contribution in [0.1, 0.15) is 14.5 Å². The van der Waals surface area contributed by atoms with Gasteiger partial charge >= 0.3 is 5.97 Å². The van der Waals surface area contributed by atoms with Gasteiger partial charge in [0.25, 0.3) is 0 Å². The number of fused-ring (bicyclic) bond motifs is 1. The highest BCUT2D eigenvalue weighted by atomic mass is 35.5. The molecule has 0 bridgehead atoms. The molecule has 16 heavy (non-hydrogen) atoms. The Morgan fingerprint density at radius 1 is 1.62 bits per heavy atom. The number of carboxylic acid groups (broad SMARTS) is 1. The molecular weight excluding hydrogens is 230 g/mol. The van der Waals surface area contributed by atoms with Gasteiger partial charge in [-0.15, -0.1) is 0 Å². The van der Waals surface area contributed by atoms with Crippen LogP contribution in [0.25, 0.3) is 10.9 Å². The van der Waals surface area contributed by atoms with Crippen LogP contribution in [-0.2, 0) is 0 Å². The van der Waals surface area contributed by atoms with Crippen LogP contribution in [0, 0.1) is 0 Å². The summed E-state index contributed by atoms with van der Waals surface area (Å²) in [4.78, 5) is 14.8. The molecule has 1 heterocycles. The summed E-state index contributed by atoms with van der Waals surface area (Å²) in [6.07, 6.45) is 1.12. The maximum atomic E-state index is 10.9. The predicted octanol–water partition coefficient (Wildman–Crippen LogP) is 2.59. The van der Waals surface area contributed by atoms with Crippen molar-refractivity contribution in [2.75, 3.05) is 7.04 Å². The lowest BCUT2D eigenvalue weighted by atomic mass is 10.1. The van der Waals surface area contributed by atoms with Crippen molar-refractivity contribution >= 4 is 28.5 Å². The van der Waals surface area contributed by atoms with Gasteiger partial charge in [0.2, 0.25) is 0 Å². The van der Waals surface area contributed by atoms with E-state index in [1.807, 2.05) is 0 Å². The third-order valence-corrected chi connectivity index (χ3v) is 2.53. The molecule has 2 aromatic rings. The fraction of sp³-hybridized carbons (Fsp3) is 0.0909. The monoisotopic (exact) mass is 240 g/mol. The van der Waals surface area contributed by atoms with Gasteiger partial charge in [0.1, 0.15) is 5.75 Å². The van der Waals surface area contributed by atoms with Crippen molar-refractivity contribution in [2.45, 2.75) is 0 Å². The van der Waals surface area contributed by atoms with Crippen LogP contribution in [0.15, 0.2) is 24.4 Å². The van der Waals surface area contributed by atoms with E-state index in [1.165, 1.54) is 18.2 Å². The van der Waals surface area contributed by atoms with Gasteiger partial charge in [0, 0.05) is 17.6 Å². The molecule has 1 N–H and O–H groups in total. The van der Waals surface area contributed by atoms with E-state index in [0.29, 0.717) is 10.9 Å². The second-order valence-electron chi connectivity index (χ2n) is 3.07. The molecule has 1 aromatic carbocycles. The Morgan fingerprint density at radius 2 is 2.44 bits per heavy atom. The summed E-state index contributed by atoms with van der Waals surface area (Å²) < 4.78 is 25.7. The molecule has 0 aliphatic carbocycles. The largest absolute Gasteiger partial charge is 0.497 e. The van der Waals surface area contributed by atoms with Gasteiger partial charge in [-0.2, -0.15) is 0 Å². The number of halogens is 1. The molecule has 5 heteroatoms. The molecule has 4 nitrogen and oxygen atoms in total. The lowest BCUT2D eigenvalue weighted by molar-refractivity contribution is 0.0697. The normalized spacial score (nSPS) is 13.9. The van der Waals surface area contributed by atoms with Crippen LogP contribution >= 0.6 is 11.6 Å². The number of methoxy groups -OCH3 is 1. The van der Waals surface area contributed by atoms with Crippen molar-refractivity contribution in [3.8, 4) is 5.75 Å². The Morgan fingerprint density at radius 3 is 3.12 bits per heavy atom. The van der Waals surface area contributed by atoms with Gasteiger partial charge in [-0.1, -0.05) is 11.6 Å². The Labute approximate surface area is 101 Å². The highest BCUT2D eigenvalue weighted by Crippen LogP contribution is 2.28. The van der Waals surface area contributed by atoms with Crippen LogP contribution in [0.5, 0.6) is 5.75 Å². The average molecular weight is 241 g/mol. The van der Waals surface area contributed by atoms with E-state index in [9.17, 15) is 4.79 Å². The third-order valence-electron chi connectivity index (χ3n) is 2.12. The van der Waals surface area contributed by atoms with Gasteiger partial charge in [-0.3, -0.25) is 4.98 Å². The number of aromatic nitrogens is 1. The smallest absolute Gasteiger partial charge is 0.338 e. The number of ether oxygens (including phenoxy) is 1. The highest BCUT2D eigenvalue weighted by molar-refractivity contribution is 6.38. The molecule has 0 spiro atoms. The van der Waals surface area contributed by atoms with E-state index in [1.54, 1.807) is 0 Å². The zero-order valence-electron chi connectivity index (χ0n) is 10.9. The minimum Gasteiger partial charge on any atom is -0.497 e. The van der Waals surface area contributed by atoms with Crippen molar-refractivity contribution in [1.29, 1.82) is 0 Å². The first kappa shape index (κ1) is 7.46. The molecular formula is C11H8ClNO3. The molecule has 0 saturated carbocycles. The lowest BCUT2D eigenvalue weighted by Crippen LogP contribution is -1.99. The van der Waals surface area contributed by atoms with Gasteiger partial charge in [0.15, 0.2) is 0 Å². The van der Waals surface area contributed by atoms with Crippen LogP contribution in [-0.4, -0.2) is 23.1 Å². The minimum absolute atomic E-state index is 0.0536. The molecule has 0 fully saturated rings. The Bertz CT molecular complexity index is 657. The Hall–Kier alpha value is -1.81. The number of benzene rings is 1. The zero-order chi connectivity index (χ0) is 14.2. The number of pyridine rings is 1. The molecule has 0 saturated heterocycles. The predicted molar refractivity (Wildman–Crippen MR) is 60.3 cm³/mol. The number of hydrogen-bond acceptors (Lipinski definition) is 3. The maximum Gasteiger partial charge on any atom is 0.338 e. The van der Waals surface area contributed by atoms with E-state index in [4.69, 9.17) is 25.6 Å². The first-order valence-corrected chi connectivity index (χ1v) is 4.66. The summed E-state index contributed by atoms with van der Waals surface area (Å²) in [5, 5.41) is 9.38. The first-order chi connectivity index (χ1) is 8.78. The SMILES string of the molecule is [2H]C([2H])([2H])Oc1ccc2c(Cl)c(C(=O)O)cnc2c1. The number of nitrogens with zero attached hydrogens (tertiary/aromatic N) is 1. The molecule has 2 rings (SSSR count). The highest BCUT2D eigenvalue weighted by Gasteiger charge is 2.12. The van der Waals surface area contributed by atoms with E-state index >= 15 is 0 Å². The molecule has 0 amide bonds. The summed E-state index contributed by atoms with van der Waals surface area (Å²) in [6, 6.07) is 4.26. The second kappa shape index (κ2) is 3.98. The molecule has 82 valence electrons. The number of hydrogen-bond donors (Lipinski definition) is 1. The lowest BCUT2D eigenvalue weighted by Gasteiger charge is -2.05.